The monoisotopic (exact) mass is 280 g/mol. The summed E-state index contributed by atoms with van der Waals surface area (Å²) in [5, 5.41) is 4.34. The van der Waals surface area contributed by atoms with E-state index in [0.29, 0.717) is 24.0 Å². The van der Waals surface area contributed by atoms with E-state index in [9.17, 15) is 0 Å². The highest BCUT2D eigenvalue weighted by molar-refractivity contribution is 5.91. The van der Waals surface area contributed by atoms with E-state index in [4.69, 9.17) is 10.5 Å². The Kier molecular flexibility index (Phi) is 3.55. The molecule has 0 spiro atoms. The highest BCUT2D eigenvalue weighted by atomic mass is 16.5. The fourth-order valence-corrected chi connectivity index (χ4v) is 2.12. The van der Waals surface area contributed by atoms with Crippen molar-refractivity contribution < 1.29 is 4.74 Å². The lowest BCUT2D eigenvalue weighted by atomic mass is 10.2. The third-order valence-electron chi connectivity index (χ3n) is 3.07. The molecule has 0 aliphatic heterocycles. The Morgan fingerprint density at radius 3 is 2.86 bits per heavy atom. The highest BCUT2D eigenvalue weighted by Crippen LogP contribution is 2.26. The third kappa shape index (κ3) is 2.72. The molecule has 3 N–H and O–H groups in total. The first-order valence-corrected chi connectivity index (χ1v) is 6.78. The van der Waals surface area contributed by atoms with Crippen LogP contribution in [0.25, 0.3) is 10.9 Å². The SMILES string of the molecule is CCOc1nc(Nc2cccc3cccnc23)ccc1N. The molecule has 0 bridgehead atoms. The molecule has 0 amide bonds. The van der Waals surface area contributed by atoms with Crippen molar-refractivity contribution in [1.29, 1.82) is 0 Å². The second-order valence-electron chi connectivity index (χ2n) is 4.53. The minimum atomic E-state index is 0.440. The van der Waals surface area contributed by atoms with Crippen molar-refractivity contribution in [2.24, 2.45) is 0 Å². The van der Waals surface area contributed by atoms with Crippen LogP contribution in [0, 0.1) is 0 Å². The van der Waals surface area contributed by atoms with Crippen molar-refractivity contribution in [1.82, 2.24) is 9.97 Å². The molecule has 21 heavy (non-hydrogen) atoms. The van der Waals surface area contributed by atoms with E-state index in [0.717, 1.165) is 16.6 Å². The zero-order valence-corrected chi connectivity index (χ0v) is 11.7. The Labute approximate surface area is 122 Å². The summed E-state index contributed by atoms with van der Waals surface area (Å²) in [6, 6.07) is 13.5. The molecule has 2 aromatic heterocycles. The Morgan fingerprint density at radius 2 is 2.00 bits per heavy atom. The van der Waals surface area contributed by atoms with Crippen molar-refractivity contribution in [3.63, 3.8) is 0 Å². The third-order valence-corrected chi connectivity index (χ3v) is 3.07. The molecule has 0 aliphatic carbocycles. The maximum absolute atomic E-state index is 5.83. The van der Waals surface area contributed by atoms with Gasteiger partial charge in [0.25, 0.3) is 0 Å². The quantitative estimate of drug-likeness (QED) is 0.766. The first-order valence-electron chi connectivity index (χ1n) is 6.78. The molecule has 0 radical (unpaired) electrons. The van der Waals surface area contributed by atoms with Crippen LogP contribution in [0.4, 0.5) is 17.2 Å². The summed E-state index contributed by atoms with van der Waals surface area (Å²) >= 11 is 0. The Hall–Kier alpha value is -2.82. The van der Waals surface area contributed by atoms with Gasteiger partial charge < -0.3 is 15.8 Å². The number of nitrogens with one attached hydrogen (secondary N) is 1. The fraction of sp³-hybridized carbons (Fsp3) is 0.125. The lowest BCUT2D eigenvalue weighted by Gasteiger charge is -2.11. The predicted molar refractivity (Wildman–Crippen MR) is 84.8 cm³/mol. The number of anilines is 3. The number of nitrogen functional groups attached to an aromatic ring is 1. The number of pyridine rings is 2. The molecule has 1 aromatic carbocycles. The van der Waals surface area contributed by atoms with E-state index in [1.54, 1.807) is 12.3 Å². The largest absolute Gasteiger partial charge is 0.476 e. The second kappa shape index (κ2) is 5.66. The maximum Gasteiger partial charge on any atom is 0.239 e. The standard InChI is InChI=1S/C16H16N4O/c1-2-21-16-12(17)8-9-14(20-16)19-13-7-3-5-11-6-4-10-18-15(11)13/h3-10H,2,17H2,1H3,(H,19,20). The summed E-state index contributed by atoms with van der Waals surface area (Å²) in [5.41, 5.74) is 8.15. The minimum absolute atomic E-state index is 0.440. The zero-order chi connectivity index (χ0) is 14.7. The summed E-state index contributed by atoms with van der Waals surface area (Å²) < 4.78 is 5.41. The van der Waals surface area contributed by atoms with E-state index in [2.05, 4.69) is 15.3 Å². The molecule has 0 saturated carbocycles. The van der Waals surface area contributed by atoms with Gasteiger partial charge in [-0.25, -0.2) is 0 Å². The molecular weight excluding hydrogens is 264 g/mol. The van der Waals surface area contributed by atoms with Crippen LogP contribution in [0.1, 0.15) is 6.92 Å². The Morgan fingerprint density at radius 1 is 1.14 bits per heavy atom. The van der Waals surface area contributed by atoms with Crippen LogP contribution >= 0.6 is 0 Å². The number of rotatable bonds is 4. The second-order valence-corrected chi connectivity index (χ2v) is 4.53. The van der Waals surface area contributed by atoms with Crippen molar-refractivity contribution in [3.8, 4) is 5.88 Å². The summed E-state index contributed by atoms with van der Waals surface area (Å²) in [5.74, 6) is 1.11. The topological polar surface area (TPSA) is 73.1 Å². The predicted octanol–water partition coefficient (Wildman–Crippen LogP) is 3.35. The van der Waals surface area contributed by atoms with Crippen molar-refractivity contribution in [2.45, 2.75) is 6.92 Å². The fourth-order valence-electron chi connectivity index (χ4n) is 2.12. The molecule has 3 rings (SSSR count). The van der Waals surface area contributed by atoms with E-state index in [-0.39, 0.29) is 0 Å². The lowest BCUT2D eigenvalue weighted by molar-refractivity contribution is 0.329. The molecule has 106 valence electrons. The summed E-state index contributed by atoms with van der Waals surface area (Å²) in [6.45, 7) is 2.42. The van der Waals surface area contributed by atoms with Crippen LogP contribution in [0.15, 0.2) is 48.7 Å². The van der Waals surface area contributed by atoms with Gasteiger partial charge in [0.15, 0.2) is 0 Å². The maximum atomic E-state index is 5.83. The van der Waals surface area contributed by atoms with Crippen LogP contribution in [0.5, 0.6) is 5.88 Å². The van der Waals surface area contributed by atoms with Gasteiger partial charge in [0.05, 0.1) is 23.5 Å². The average molecular weight is 280 g/mol. The summed E-state index contributed by atoms with van der Waals surface area (Å²) in [4.78, 5) is 8.79. The van der Waals surface area contributed by atoms with E-state index in [1.807, 2.05) is 43.3 Å². The number of para-hydroxylation sites is 1. The van der Waals surface area contributed by atoms with Gasteiger partial charge in [0.2, 0.25) is 5.88 Å². The van der Waals surface area contributed by atoms with Crippen molar-refractivity contribution in [3.05, 3.63) is 48.7 Å². The normalized spacial score (nSPS) is 10.5. The first kappa shape index (κ1) is 13.2. The number of hydrogen-bond donors (Lipinski definition) is 2. The van der Waals surface area contributed by atoms with Gasteiger partial charge in [-0.15, -0.1) is 0 Å². The van der Waals surface area contributed by atoms with Gasteiger partial charge in [-0.05, 0) is 31.2 Å². The smallest absolute Gasteiger partial charge is 0.239 e. The summed E-state index contributed by atoms with van der Waals surface area (Å²) in [6.07, 6.45) is 1.77. The van der Waals surface area contributed by atoms with Gasteiger partial charge in [0, 0.05) is 11.6 Å². The van der Waals surface area contributed by atoms with Gasteiger partial charge in [-0.2, -0.15) is 4.98 Å². The van der Waals surface area contributed by atoms with E-state index in [1.165, 1.54) is 0 Å². The van der Waals surface area contributed by atoms with Crippen LogP contribution in [0.3, 0.4) is 0 Å². The average Bonchev–Trinajstić information content (AvgIpc) is 2.51. The number of fused-ring (bicyclic) bond motifs is 1. The zero-order valence-electron chi connectivity index (χ0n) is 11.7. The Balaban J connectivity index is 1.97. The molecule has 0 saturated heterocycles. The molecule has 0 fully saturated rings. The number of hydrogen-bond acceptors (Lipinski definition) is 5. The minimum Gasteiger partial charge on any atom is -0.476 e. The number of nitrogens with zero attached hydrogens (tertiary/aromatic N) is 2. The molecule has 2 heterocycles. The number of benzene rings is 1. The van der Waals surface area contributed by atoms with E-state index < -0.39 is 0 Å². The van der Waals surface area contributed by atoms with E-state index >= 15 is 0 Å². The molecule has 0 aliphatic rings. The number of ether oxygens (including phenoxy) is 1. The van der Waals surface area contributed by atoms with Crippen LogP contribution in [-0.2, 0) is 0 Å². The van der Waals surface area contributed by atoms with Crippen LogP contribution in [0.2, 0.25) is 0 Å². The number of aromatic nitrogens is 2. The van der Waals surface area contributed by atoms with Crippen molar-refractivity contribution in [2.75, 3.05) is 17.7 Å². The summed E-state index contributed by atoms with van der Waals surface area (Å²) in [7, 11) is 0. The lowest BCUT2D eigenvalue weighted by Crippen LogP contribution is -2.02. The molecule has 3 aromatic rings. The molecular formula is C16H16N4O. The molecule has 5 heteroatoms. The van der Waals surface area contributed by atoms with Gasteiger partial charge in [-0.3, -0.25) is 4.98 Å². The van der Waals surface area contributed by atoms with Crippen LogP contribution < -0.4 is 15.8 Å². The molecule has 5 nitrogen and oxygen atoms in total. The molecule has 0 atom stereocenters. The van der Waals surface area contributed by atoms with Gasteiger partial charge in [-0.1, -0.05) is 18.2 Å². The molecule has 0 unspecified atom stereocenters. The Bertz CT molecular complexity index is 768. The van der Waals surface area contributed by atoms with Crippen LogP contribution in [-0.4, -0.2) is 16.6 Å². The number of nitrogens with two attached hydrogens (primary N) is 1. The van der Waals surface area contributed by atoms with Crippen molar-refractivity contribution >= 4 is 28.1 Å². The first-order chi connectivity index (χ1) is 10.3. The van der Waals surface area contributed by atoms with Gasteiger partial charge >= 0.3 is 0 Å². The van der Waals surface area contributed by atoms with Gasteiger partial charge in [0.1, 0.15) is 5.82 Å². The highest BCUT2D eigenvalue weighted by Gasteiger charge is 2.06.